The zero-order valence-corrected chi connectivity index (χ0v) is 21.7. The molecule has 1 amide bonds. The Bertz CT molecular complexity index is 1310. The average Bonchev–Trinajstić information content (AvgIpc) is 2.98. The second-order valence-corrected chi connectivity index (χ2v) is 10.8. The lowest BCUT2D eigenvalue weighted by atomic mass is 10.1. The van der Waals surface area contributed by atoms with Crippen LogP contribution in [0, 0.1) is 27.7 Å². The molecule has 0 atom stereocenters. The van der Waals surface area contributed by atoms with E-state index >= 15 is 0 Å². The number of hydrazone groups is 1. The standard InChI is InChI=1S/C24H27BrN4O3S/c1-16-10-17(2)12-21(11-16)29-18(3)13-20(19(29)4)14-26-27-24(30)15-28(33(5,31)32)23-9-7-6-8-22(23)25/h6-14H,15H2,1-5H3,(H,27,30)/b26-14+. The zero-order valence-electron chi connectivity index (χ0n) is 19.3. The maximum Gasteiger partial charge on any atom is 0.260 e. The summed E-state index contributed by atoms with van der Waals surface area (Å²) in [6.45, 7) is 7.75. The van der Waals surface area contributed by atoms with Crippen molar-refractivity contribution < 1.29 is 13.2 Å². The number of anilines is 1. The molecule has 1 aromatic heterocycles. The number of para-hydroxylation sites is 1. The third-order valence-electron chi connectivity index (χ3n) is 5.14. The Kier molecular flexibility index (Phi) is 7.44. The summed E-state index contributed by atoms with van der Waals surface area (Å²) in [6, 6.07) is 15.2. The van der Waals surface area contributed by atoms with Crippen LogP contribution in [-0.2, 0) is 14.8 Å². The minimum Gasteiger partial charge on any atom is -0.318 e. The molecular weight excluding hydrogens is 504 g/mol. The van der Waals surface area contributed by atoms with Crippen LogP contribution in [0.15, 0.2) is 58.1 Å². The van der Waals surface area contributed by atoms with Gasteiger partial charge in [0, 0.05) is 27.1 Å². The van der Waals surface area contributed by atoms with Gasteiger partial charge in [0.15, 0.2) is 0 Å². The molecule has 0 unspecified atom stereocenters. The number of aromatic nitrogens is 1. The molecule has 0 fully saturated rings. The van der Waals surface area contributed by atoms with E-state index in [1.165, 1.54) is 11.1 Å². The van der Waals surface area contributed by atoms with E-state index in [1.54, 1.807) is 30.5 Å². The number of hydrogen-bond acceptors (Lipinski definition) is 4. The van der Waals surface area contributed by atoms with Crippen LogP contribution in [-0.4, -0.2) is 37.9 Å². The fourth-order valence-electron chi connectivity index (χ4n) is 3.77. The molecule has 0 aliphatic heterocycles. The normalized spacial score (nSPS) is 11.7. The molecule has 9 heteroatoms. The molecule has 0 spiro atoms. The number of nitrogens with one attached hydrogen (secondary N) is 1. The highest BCUT2D eigenvalue weighted by Crippen LogP contribution is 2.27. The van der Waals surface area contributed by atoms with Gasteiger partial charge >= 0.3 is 0 Å². The van der Waals surface area contributed by atoms with E-state index in [0.29, 0.717) is 10.2 Å². The molecule has 1 heterocycles. The number of nitrogens with zero attached hydrogens (tertiary/aromatic N) is 3. The zero-order chi connectivity index (χ0) is 24.3. The van der Waals surface area contributed by atoms with E-state index in [9.17, 15) is 13.2 Å². The Balaban J connectivity index is 1.77. The van der Waals surface area contributed by atoms with E-state index in [0.717, 1.165) is 33.2 Å². The molecule has 0 saturated heterocycles. The van der Waals surface area contributed by atoms with Crippen molar-refractivity contribution in [3.63, 3.8) is 0 Å². The lowest BCUT2D eigenvalue weighted by molar-refractivity contribution is -0.119. The van der Waals surface area contributed by atoms with Crippen molar-refractivity contribution in [2.24, 2.45) is 5.10 Å². The topological polar surface area (TPSA) is 83.8 Å². The number of benzene rings is 2. The van der Waals surface area contributed by atoms with Gasteiger partial charge in [-0.25, -0.2) is 13.8 Å². The molecule has 0 saturated carbocycles. The summed E-state index contributed by atoms with van der Waals surface area (Å²) in [5.74, 6) is -0.546. The Morgan fingerprint density at radius 1 is 1.09 bits per heavy atom. The highest BCUT2D eigenvalue weighted by molar-refractivity contribution is 9.10. The molecule has 1 N–H and O–H groups in total. The van der Waals surface area contributed by atoms with Crippen LogP contribution in [0.5, 0.6) is 0 Å². The first-order chi connectivity index (χ1) is 15.5. The minimum atomic E-state index is -3.67. The van der Waals surface area contributed by atoms with Gasteiger partial charge in [-0.05, 0) is 85.1 Å². The number of aryl methyl sites for hydroxylation is 3. The van der Waals surface area contributed by atoms with E-state index in [-0.39, 0.29) is 6.54 Å². The molecule has 7 nitrogen and oxygen atoms in total. The third kappa shape index (κ3) is 5.91. The number of rotatable bonds is 7. The van der Waals surface area contributed by atoms with E-state index in [1.807, 2.05) is 19.9 Å². The monoisotopic (exact) mass is 530 g/mol. The average molecular weight is 531 g/mol. The summed E-state index contributed by atoms with van der Waals surface area (Å²) < 4.78 is 28.3. The molecule has 0 aliphatic carbocycles. The van der Waals surface area contributed by atoms with Crippen molar-refractivity contribution in [3.05, 3.63) is 81.1 Å². The van der Waals surface area contributed by atoms with Gasteiger partial charge in [0.1, 0.15) is 6.54 Å². The van der Waals surface area contributed by atoms with E-state index < -0.39 is 15.9 Å². The number of halogens is 1. The summed E-state index contributed by atoms with van der Waals surface area (Å²) in [5, 5.41) is 4.07. The van der Waals surface area contributed by atoms with Gasteiger partial charge in [0.25, 0.3) is 5.91 Å². The summed E-state index contributed by atoms with van der Waals surface area (Å²) in [6.07, 6.45) is 2.63. The van der Waals surface area contributed by atoms with Crippen molar-refractivity contribution in [2.45, 2.75) is 27.7 Å². The fraction of sp³-hybridized carbons (Fsp3) is 0.250. The van der Waals surface area contributed by atoms with Crippen molar-refractivity contribution in [2.75, 3.05) is 17.1 Å². The lowest BCUT2D eigenvalue weighted by Crippen LogP contribution is -2.39. The fourth-order valence-corrected chi connectivity index (χ4v) is 5.25. The molecule has 174 valence electrons. The number of carbonyl (C=O) groups excluding carboxylic acids is 1. The van der Waals surface area contributed by atoms with Crippen molar-refractivity contribution in [1.29, 1.82) is 0 Å². The smallest absolute Gasteiger partial charge is 0.260 e. The van der Waals surface area contributed by atoms with Crippen LogP contribution >= 0.6 is 15.9 Å². The first-order valence-electron chi connectivity index (χ1n) is 10.3. The number of hydrogen-bond donors (Lipinski definition) is 1. The van der Waals surface area contributed by atoms with Gasteiger partial charge in [-0.2, -0.15) is 5.10 Å². The van der Waals surface area contributed by atoms with Crippen LogP contribution < -0.4 is 9.73 Å². The Morgan fingerprint density at radius 3 is 2.33 bits per heavy atom. The second kappa shape index (κ2) is 9.93. The Hall–Kier alpha value is -2.91. The second-order valence-electron chi connectivity index (χ2n) is 8.02. The summed E-state index contributed by atoms with van der Waals surface area (Å²) in [4.78, 5) is 12.5. The molecule has 3 rings (SSSR count). The quantitative estimate of drug-likeness (QED) is 0.363. The first-order valence-corrected chi connectivity index (χ1v) is 12.9. The van der Waals surface area contributed by atoms with Crippen molar-refractivity contribution >= 4 is 43.8 Å². The predicted molar refractivity (Wildman–Crippen MR) is 137 cm³/mol. The van der Waals surface area contributed by atoms with Crippen LogP contribution in [0.1, 0.15) is 28.1 Å². The molecular formula is C24H27BrN4O3S. The van der Waals surface area contributed by atoms with Crippen molar-refractivity contribution in [1.82, 2.24) is 9.99 Å². The van der Waals surface area contributed by atoms with Crippen LogP contribution in [0.25, 0.3) is 5.69 Å². The van der Waals surface area contributed by atoms with Gasteiger partial charge in [0.05, 0.1) is 18.2 Å². The minimum absolute atomic E-state index is 0.385. The van der Waals surface area contributed by atoms with Crippen LogP contribution in [0.2, 0.25) is 0 Å². The van der Waals surface area contributed by atoms with Gasteiger partial charge in [-0.15, -0.1) is 0 Å². The van der Waals surface area contributed by atoms with E-state index in [4.69, 9.17) is 0 Å². The molecule has 0 aliphatic rings. The SMILES string of the molecule is Cc1cc(C)cc(-n2c(C)cc(/C=N/NC(=O)CN(c3ccccc3Br)S(C)(=O)=O)c2C)c1. The maximum absolute atomic E-state index is 12.5. The van der Waals surface area contributed by atoms with Gasteiger partial charge < -0.3 is 4.57 Å². The molecule has 2 aromatic carbocycles. The summed E-state index contributed by atoms with van der Waals surface area (Å²) in [5.41, 5.74) is 9.15. The molecule has 0 bridgehead atoms. The third-order valence-corrected chi connectivity index (χ3v) is 6.93. The molecule has 3 aromatic rings. The largest absolute Gasteiger partial charge is 0.318 e. The highest BCUT2D eigenvalue weighted by atomic mass is 79.9. The number of amides is 1. The lowest BCUT2D eigenvalue weighted by Gasteiger charge is -2.22. The van der Waals surface area contributed by atoms with Crippen LogP contribution in [0.4, 0.5) is 5.69 Å². The first kappa shape index (κ1) is 24.7. The molecule has 0 radical (unpaired) electrons. The van der Waals surface area contributed by atoms with Gasteiger partial charge in [0.2, 0.25) is 10.0 Å². The van der Waals surface area contributed by atoms with E-state index in [2.05, 4.69) is 63.1 Å². The number of carbonyl (C=O) groups is 1. The maximum atomic E-state index is 12.5. The Labute approximate surface area is 203 Å². The summed E-state index contributed by atoms with van der Waals surface area (Å²) in [7, 11) is -3.67. The van der Waals surface area contributed by atoms with Gasteiger partial charge in [-0.3, -0.25) is 9.10 Å². The van der Waals surface area contributed by atoms with Crippen LogP contribution in [0.3, 0.4) is 0 Å². The molecule has 33 heavy (non-hydrogen) atoms. The Morgan fingerprint density at radius 2 is 1.73 bits per heavy atom. The highest BCUT2D eigenvalue weighted by Gasteiger charge is 2.22. The summed E-state index contributed by atoms with van der Waals surface area (Å²) >= 11 is 3.34. The van der Waals surface area contributed by atoms with Crippen molar-refractivity contribution in [3.8, 4) is 5.69 Å². The number of sulfonamides is 1. The van der Waals surface area contributed by atoms with Gasteiger partial charge in [-0.1, -0.05) is 18.2 Å². The predicted octanol–water partition coefficient (Wildman–Crippen LogP) is 4.39.